The normalized spacial score (nSPS) is 18.0. The van der Waals surface area contributed by atoms with Gasteiger partial charge in [-0.25, -0.2) is 4.79 Å². The molecule has 1 aromatic rings. The second-order valence-electron chi connectivity index (χ2n) is 4.24. The van der Waals surface area contributed by atoms with Crippen LogP contribution < -0.4 is 5.63 Å². The molecule has 0 aliphatic heterocycles. The van der Waals surface area contributed by atoms with Crippen molar-refractivity contribution in [1.82, 2.24) is 0 Å². The van der Waals surface area contributed by atoms with E-state index in [1.54, 1.807) is 6.92 Å². The second kappa shape index (κ2) is 4.52. The van der Waals surface area contributed by atoms with Crippen molar-refractivity contribution in [2.75, 3.05) is 0 Å². The van der Waals surface area contributed by atoms with Crippen molar-refractivity contribution in [2.45, 2.75) is 44.9 Å². The third-order valence-corrected chi connectivity index (χ3v) is 3.98. The van der Waals surface area contributed by atoms with Crippen LogP contribution in [0.15, 0.2) is 19.8 Å². The zero-order valence-corrected chi connectivity index (χ0v) is 10.5. The van der Waals surface area contributed by atoms with E-state index in [4.69, 9.17) is 4.42 Å². The van der Waals surface area contributed by atoms with Gasteiger partial charge in [-0.1, -0.05) is 35.2 Å². The molecule has 0 N–H and O–H groups in total. The van der Waals surface area contributed by atoms with E-state index in [9.17, 15) is 4.79 Å². The Balaban J connectivity index is 2.32. The smallest absolute Gasteiger partial charge is 0.339 e. The van der Waals surface area contributed by atoms with Gasteiger partial charge < -0.3 is 4.42 Å². The van der Waals surface area contributed by atoms with Crippen molar-refractivity contribution in [3.05, 3.63) is 32.3 Å². The fraction of sp³-hybridized carbons (Fsp3) is 0.583. The summed E-state index contributed by atoms with van der Waals surface area (Å²) in [6.07, 6.45) is 6.12. The molecule has 1 heterocycles. The lowest BCUT2D eigenvalue weighted by atomic mass is 9.87. The first-order chi connectivity index (χ1) is 7.18. The highest BCUT2D eigenvalue weighted by Gasteiger charge is 2.19. The maximum Gasteiger partial charge on any atom is 0.339 e. The van der Waals surface area contributed by atoms with Gasteiger partial charge in [0.15, 0.2) is 0 Å². The minimum atomic E-state index is -0.204. The monoisotopic (exact) mass is 270 g/mol. The summed E-state index contributed by atoms with van der Waals surface area (Å²) in [5, 5.41) is 0. The molecular weight excluding hydrogens is 256 g/mol. The van der Waals surface area contributed by atoms with E-state index in [2.05, 4.69) is 15.9 Å². The quantitative estimate of drug-likeness (QED) is 0.778. The van der Waals surface area contributed by atoms with Gasteiger partial charge in [0.1, 0.15) is 5.76 Å². The Morgan fingerprint density at radius 3 is 2.60 bits per heavy atom. The lowest BCUT2D eigenvalue weighted by molar-refractivity contribution is 0.353. The Labute approximate surface area is 97.8 Å². The molecule has 1 aliphatic carbocycles. The van der Waals surface area contributed by atoms with E-state index in [1.165, 1.54) is 19.3 Å². The molecule has 2 nitrogen and oxygen atoms in total. The molecule has 15 heavy (non-hydrogen) atoms. The molecule has 0 spiro atoms. The zero-order valence-electron chi connectivity index (χ0n) is 8.88. The minimum absolute atomic E-state index is 0.204. The molecule has 2 rings (SSSR count). The van der Waals surface area contributed by atoms with Crippen molar-refractivity contribution >= 4 is 15.9 Å². The van der Waals surface area contributed by atoms with Crippen molar-refractivity contribution in [3.63, 3.8) is 0 Å². The maximum absolute atomic E-state index is 11.5. The summed E-state index contributed by atoms with van der Waals surface area (Å²) in [5.41, 5.74) is 0.458. The lowest BCUT2D eigenvalue weighted by Gasteiger charge is -2.20. The zero-order chi connectivity index (χ0) is 10.8. The van der Waals surface area contributed by atoms with Crippen LogP contribution in [-0.4, -0.2) is 0 Å². The van der Waals surface area contributed by atoms with Crippen LogP contribution in [0.1, 0.15) is 49.3 Å². The van der Waals surface area contributed by atoms with E-state index in [1.807, 2.05) is 6.07 Å². The topological polar surface area (TPSA) is 30.2 Å². The SMILES string of the molecule is Cc1c(Br)cc(C2CCCCC2)oc1=O. The molecule has 0 radical (unpaired) electrons. The van der Waals surface area contributed by atoms with Crippen LogP contribution in [0.4, 0.5) is 0 Å². The van der Waals surface area contributed by atoms with Gasteiger partial charge >= 0.3 is 5.63 Å². The molecule has 1 saturated carbocycles. The molecule has 82 valence electrons. The largest absolute Gasteiger partial charge is 0.427 e. The van der Waals surface area contributed by atoms with Crippen LogP contribution in [-0.2, 0) is 0 Å². The molecule has 0 amide bonds. The van der Waals surface area contributed by atoms with Crippen LogP contribution in [0, 0.1) is 6.92 Å². The Morgan fingerprint density at radius 1 is 1.33 bits per heavy atom. The van der Waals surface area contributed by atoms with Crippen LogP contribution >= 0.6 is 15.9 Å². The van der Waals surface area contributed by atoms with Gasteiger partial charge in [-0.3, -0.25) is 0 Å². The highest BCUT2D eigenvalue weighted by Crippen LogP contribution is 2.33. The molecular formula is C12H15BrO2. The van der Waals surface area contributed by atoms with Crippen LogP contribution in [0.3, 0.4) is 0 Å². The second-order valence-corrected chi connectivity index (χ2v) is 5.10. The molecule has 1 aromatic heterocycles. The summed E-state index contributed by atoms with van der Waals surface area (Å²) >= 11 is 3.40. The van der Waals surface area contributed by atoms with Gasteiger partial charge in [-0.2, -0.15) is 0 Å². The Bertz CT molecular complexity index is 403. The molecule has 0 unspecified atom stereocenters. The van der Waals surface area contributed by atoms with E-state index in [-0.39, 0.29) is 5.63 Å². The number of rotatable bonds is 1. The van der Waals surface area contributed by atoms with Crippen LogP contribution in [0.2, 0.25) is 0 Å². The maximum atomic E-state index is 11.5. The number of halogens is 1. The highest BCUT2D eigenvalue weighted by atomic mass is 79.9. The van der Waals surface area contributed by atoms with Gasteiger partial charge in [-0.15, -0.1) is 0 Å². The molecule has 1 fully saturated rings. The van der Waals surface area contributed by atoms with Crippen LogP contribution in [0.25, 0.3) is 0 Å². The molecule has 3 heteroatoms. The summed E-state index contributed by atoms with van der Waals surface area (Å²) in [6, 6.07) is 1.96. The summed E-state index contributed by atoms with van der Waals surface area (Å²) in [6.45, 7) is 1.78. The Hall–Kier alpha value is -0.570. The van der Waals surface area contributed by atoms with Crippen molar-refractivity contribution < 1.29 is 4.42 Å². The highest BCUT2D eigenvalue weighted by molar-refractivity contribution is 9.10. The first kappa shape index (κ1) is 10.9. The van der Waals surface area contributed by atoms with Crippen molar-refractivity contribution in [1.29, 1.82) is 0 Å². The first-order valence-electron chi connectivity index (χ1n) is 5.48. The van der Waals surface area contributed by atoms with Gasteiger partial charge in [0.2, 0.25) is 0 Å². The van der Waals surface area contributed by atoms with Gasteiger partial charge in [0, 0.05) is 16.0 Å². The molecule has 0 aromatic carbocycles. The molecule has 0 saturated heterocycles. The summed E-state index contributed by atoms with van der Waals surface area (Å²) < 4.78 is 6.22. The summed E-state index contributed by atoms with van der Waals surface area (Å²) in [4.78, 5) is 11.5. The minimum Gasteiger partial charge on any atom is -0.427 e. The lowest BCUT2D eigenvalue weighted by Crippen LogP contribution is -2.11. The predicted octanol–water partition coefficient (Wildman–Crippen LogP) is 3.76. The summed E-state index contributed by atoms with van der Waals surface area (Å²) in [5.74, 6) is 1.31. The van der Waals surface area contributed by atoms with Gasteiger partial charge in [-0.05, 0) is 25.8 Å². The standard InChI is InChI=1S/C12H15BrO2/c1-8-10(13)7-11(15-12(8)14)9-5-3-2-4-6-9/h7,9H,2-6H2,1H3. The molecule has 1 aliphatic rings. The Kier molecular flexibility index (Phi) is 3.29. The Morgan fingerprint density at radius 2 is 2.00 bits per heavy atom. The molecule has 0 bridgehead atoms. The van der Waals surface area contributed by atoms with E-state index in [0.717, 1.165) is 23.1 Å². The fourth-order valence-electron chi connectivity index (χ4n) is 2.13. The third-order valence-electron chi connectivity index (χ3n) is 3.15. The molecule has 0 atom stereocenters. The van der Waals surface area contributed by atoms with E-state index < -0.39 is 0 Å². The predicted molar refractivity (Wildman–Crippen MR) is 63.2 cm³/mol. The fourth-order valence-corrected chi connectivity index (χ4v) is 2.52. The average molecular weight is 271 g/mol. The van der Waals surface area contributed by atoms with Crippen LogP contribution in [0.5, 0.6) is 0 Å². The first-order valence-corrected chi connectivity index (χ1v) is 6.28. The van der Waals surface area contributed by atoms with Gasteiger partial charge in [0.05, 0.1) is 0 Å². The van der Waals surface area contributed by atoms with Crippen molar-refractivity contribution in [2.24, 2.45) is 0 Å². The van der Waals surface area contributed by atoms with E-state index in [0.29, 0.717) is 11.5 Å². The average Bonchev–Trinajstić information content (AvgIpc) is 2.26. The number of hydrogen-bond acceptors (Lipinski definition) is 2. The number of hydrogen-bond donors (Lipinski definition) is 0. The summed E-state index contributed by atoms with van der Waals surface area (Å²) in [7, 11) is 0. The third kappa shape index (κ3) is 2.33. The van der Waals surface area contributed by atoms with E-state index >= 15 is 0 Å². The van der Waals surface area contributed by atoms with Crippen molar-refractivity contribution in [3.8, 4) is 0 Å². The van der Waals surface area contributed by atoms with Gasteiger partial charge in [0.25, 0.3) is 0 Å².